The number of anilines is 1. The normalized spacial score (nSPS) is 18.3. The van der Waals surface area contributed by atoms with Crippen LogP contribution in [0.3, 0.4) is 0 Å². The number of nitrogens with one attached hydrogen (secondary N) is 2. The number of rotatable bonds is 5. The van der Waals surface area contributed by atoms with Crippen molar-refractivity contribution in [2.24, 2.45) is 5.92 Å². The zero-order valence-corrected chi connectivity index (χ0v) is 15.2. The standard InChI is InChI=1S/C17H24N4O2S/c1-12-5-4-6-16(9-12)21-8-7-15(11-21)10-18-24(22,23)17-13(2)19-20-14(17)3/h4-6,9,15,18H,7-8,10-11H2,1-3H3,(H,19,20). The Morgan fingerprint density at radius 1 is 1.33 bits per heavy atom. The first kappa shape index (κ1) is 17.0. The van der Waals surface area contributed by atoms with Crippen molar-refractivity contribution >= 4 is 15.7 Å². The van der Waals surface area contributed by atoms with Gasteiger partial charge in [0.1, 0.15) is 4.90 Å². The van der Waals surface area contributed by atoms with Crippen LogP contribution < -0.4 is 9.62 Å². The number of aryl methyl sites for hydroxylation is 3. The Hall–Kier alpha value is -1.86. The van der Waals surface area contributed by atoms with Crippen LogP contribution in [0.1, 0.15) is 23.4 Å². The van der Waals surface area contributed by atoms with Gasteiger partial charge in [0.05, 0.1) is 11.4 Å². The van der Waals surface area contributed by atoms with E-state index < -0.39 is 10.0 Å². The molecule has 0 amide bonds. The van der Waals surface area contributed by atoms with E-state index in [1.165, 1.54) is 11.3 Å². The van der Waals surface area contributed by atoms with Crippen LogP contribution in [0.5, 0.6) is 0 Å². The molecular weight excluding hydrogens is 324 g/mol. The van der Waals surface area contributed by atoms with Crippen LogP contribution in [0.2, 0.25) is 0 Å². The molecule has 6 nitrogen and oxygen atoms in total. The van der Waals surface area contributed by atoms with Gasteiger partial charge in [0.25, 0.3) is 0 Å². The van der Waals surface area contributed by atoms with Crippen LogP contribution in [-0.4, -0.2) is 38.2 Å². The second-order valence-corrected chi connectivity index (χ2v) is 8.26. The Kier molecular flexibility index (Phi) is 4.64. The molecule has 1 aliphatic rings. The third kappa shape index (κ3) is 3.47. The summed E-state index contributed by atoms with van der Waals surface area (Å²) >= 11 is 0. The highest BCUT2D eigenvalue weighted by molar-refractivity contribution is 7.89. The van der Waals surface area contributed by atoms with Crippen molar-refractivity contribution in [2.75, 3.05) is 24.5 Å². The van der Waals surface area contributed by atoms with Gasteiger partial charge in [0.2, 0.25) is 10.0 Å². The molecule has 1 aromatic heterocycles. The zero-order valence-electron chi connectivity index (χ0n) is 14.3. The summed E-state index contributed by atoms with van der Waals surface area (Å²) in [5.74, 6) is 0.313. The van der Waals surface area contributed by atoms with Crippen molar-refractivity contribution in [3.05, 3.63) is 41.2 Å². The third-order valence-corrected chi connectivity index (χ3v) is 6.23. The molecular formula is C17H24N4O2S. The minimum atomic E-state index is -3.52. The number of H-pyrrole nitrogens is 1. The fraction of sp³-hybridized carbons (Fsp3) is 0.471. The van der Waals surface area contributed by atoms with E-state index in [4.69, 9.17) is 0 Å². The number of hydrogen-bond acceptors (Lipinski definition) is 4. The van der Waals surface area contributed by atoms with Gasteiger partial charge in [-0.05, 0) is 50.8 Å². The number of aromatic amines is 1. The minimum Gasteiger partial charge on any atom is -0.371 e. The summed E-state index contributed by atoms with van der Waals surface area (Å²) in [7, 11) is -3.52. The number of aromatic nitrogens is 2. The minimum absolute atomic E-state index is 0.274. The van der Waals surface area contributed by atoms with E-state index in [9.17, 15) is 8.42 Å². The Labute approximate surface area is 143 Å². The Bertz CT molecular complexity index is 809. The molecule has 2 N–H and O–H groups in total. The van der Waals surface area contributed by atoms with Crippen molar-refractivity contribution in [3.8, 4) is 0 Å². The zero-order chi connectivity index (χ0) is 17.3. The lowest BCUT2D eigenvalue weighted by Crippen LogP contribution is -2.31. The highest BCUT2D eigenvalue weighted by Crippen LogP contribution is 2.25. The molecule has 0 aliphatic carbocycles. The fourth-order valence-electron chi connectivity index (χ4n) is 3.29. The topological polar surface area (TPSA) is 78.1 Å². The monoisotopic (exact) mass is 348 g/mol. The van der Waals surface area contributed by atoms with Gasteiger partial charge in [0.15, 0.2) is 0 Å². The summed E-state index contributed by atoms with van der Waals surface area (Å²) in [6.07, 6.45) is 0.986. The van der Waals surface area contributed by atoms with Crippen molar-refractivity contribution in [3.63, 3.8) is 0 Å². The van der Waals surface area contributed by atoms with Gasteiger partial charge in [-0.1, -0.05) is 12.1 Å². The van der Waals surface area contributed by atoms with E-state index in [-0.39, 0.29) is 4.90 Å². The summed E-state index contributed by atoms with van der Waals surface area (Å²) in [5, 5.41) is 6.70. The Morgan fingerprint density at radius 2 is 2.12 bits per heavy atom. The molecule has 7 heteroatoms. The molecule has 2 aromatic rings. The van der Waals surface area contributed by atoms with Crippen LogP contribution in [0.4, 0.5) is 5.69 Å². The molecule has 2 heterocycles. The quantitative estimate of drug-likeness (QED) is 0.868. The number of sulfonamides is 1. The lowest BCUT2D eigenvalue weighted by atomic mass is 10.1. The van der Waals surface area contributed by atoms with Crippen molar-refractivity contribution in [2.45, 2.75) is 32.1 Å². The summed E-state index contributed by atoms with van der Waals surface area (Å²) in [5.41, 5.74) is 3.53. The second kappa shape index (κ2) is 6.57. The third-order valence-electron chi connectivity index (χ3n) is 4.54. The van der Waals surface area contributed by atoms with E-state index in [1.54, 1.807) is 13.8 Å². The molecule has 1 atom stereocenters. The number of benzene rings is 1. The highest BCUT2D eigenvalue weighted by Gasteiger charge is 2.27. The van der Waals surface area contributed by atoms with E-state index in [1.807, 2.05) is 0 Å². The van der Waals surface area contributed by atoms with Crippen LogP contribution in [0.25, 0.3) is 0 Å². The maximum absolute atomic E-state index is 12.5. The van der Waals surface area contributed by atoms with E-state index in [0.717, 1.165) is 19.5 Å². The maximum Gasteiger partial charge on any atom is 0.244 e. The van der Waals surface area contributed by atoms with E-state index >= 15 is 0 Å². The SMILES string of the molecule is Cc1cccc(N2CCC(CNS(=O)(=O)c3c(C)n[nH]c3C)C2)c1. The molecule has 0 bridgehead atoms. The summed E-state index contributed by atoms with van der Waals surface area (Å²) in [6, 6.07) is 8.43. The number of nitrogens with zero attached hydrogens (tertiary/aromatic N) is 2. The first-order valence-corrected chi connectivity index (χ1v) is 9.68. The van der Waals surface area contributed by atoms with Gasteiger partial charge in [-0.15, -0.1) is 0 Å². The maximum atomic E-state index is 12.5. The van der Waals surface area contributed by atoms with Gasteiger partial charge in [0, 0.05) is 25.3 Å². The van der Waals surface area contributed by atoms with Crippen molar-refractivity contribution in [1.29, 1.82) is 0 Å². The first-order valence-electron chi connectivity index (χ1n) is 8.19. The average molecular weight is 348 g/mol. The van der Waals surface area contributed by atoms with Crippen LogP contribution >= 0.6 is 0 Å². The summed E-state index contributed by atoms with van der Waals surface area (Å²) in [6.45, 7) is 7.79. The smallest absolute Gasteiger partial charge is 0.244 e. The molecule has 0 radical (unpaired) electrons. The van der Waals surface area contributed by atoms with Crippen molar-refractivity contribution < 1.29 is 8.42 Å². The average Bonchev–Trinajstić information content (AvgIpc) is 3.12. The summed E-state index contributed by atoms with van der Waals surface area (Å²) in [4.78, 5) is 2.59. The first-order chi connectivity index (χ1) is 11.4. The van der Waals surface area contributed by atoms with Gasteiger partial charge in [-0.2, -0.15) is 5.10 Å². The predicted octanol–water partition coefficient (Wildman–Crippen LogP) is 2.14. The molecule has 3 rings (SSSR count). The molecule has 1 saturated heterocycles. The van der Waals surface area contributed by atoms with Gasteiger partial charge < -0.3 is 4.90 Å². The molecule has 1 aromatic carbocycles. The molecule has 1 aliphatic heterocycles. The molecule has 1 fully saturated rings. The largest absolute Gasteiger partial charge is 0.371 e. The predicted molar refractivity (Wildman–Crippen MR) is 94.7 cm³/mol. The Morgan fingerprint density at radius 3 is 2.79 bits per heavy atom. The fourth-order valence-corrected chi connectivity index (χ4v) is 4.78. The highest BCUT2D eigenvalue weighted by atomic mass is 32.2. The van der Waals surface area contributed by atoms with Gasteiger partial charge in [-0.25, -0.2) is 13.1 Å². The summed E-state index contributed by atoms with van der Waals surface area (Å²) < 4.78 is 27.8. The van der Waals surface area contributed by atoms with Gasteiger partial charge >= 0.3 is 0 Å². The lowest BCUT2D eigenvalue weighted by Gasteiger charge is -2.19. The molecule has 0 spiro atoms. The van der Waals surface area contributed by atoms with E-state index in [2.05, 4.69) is 51.0 Å². The van der Waals surface area contributed by atoms with E-state index in [0.29, 0.717) is 23.9 Å². The molecule has 24 heavy (non-hydrogen) atoms. The van der Waals surface area contributed by atoms with Crippen LogP contribution in [0, 0.1) is 26.7 Å². The van der Waals surface area contributed by atoms with Gasteiger partial charge in [-0.3, -0.25) is 5.10 Å². The molecule has 0 saturated carbocycles. The molecule has 130 valence electrons. The lowest BCUT2D eigenvalue weighted by molar-refractivity contribution is 0.541. The second-order valence-electron chi connectivity index (χ2n) is 6.55. The van der Waals surface area contributed by atoms with Crippen LogP contribution in [0.15, 0.2) is 29.2 Å². The molecule has 1 unspecified atom stereocenters. The van der Waals surface area contributed by atoms with Crippen molar-refractivity contribution in [1.82, 2.24) is 14.9 Å². The van der Waals surface area contributed by atoms with Crippen LogP contribution in [-0.2, 0) is 10.0 Å². The number of hydrogen-bond donors (Lipinski definition) is 2. The Balaban J connectivity index is 1.62.